The number of carbonyl (C=O) groups is 1. The van der Waals surface area contributed by atoms with Gasteiger partial charge in [-0.3, -0.25) is 9.69 Å². The lowest BCUT2D eigenvalue weighted by molar-refractivity contribution is 0.0895. The molecule has 0 bridgehead atoms. The molecule has 0 atom stereocenters. The van der Waals surface area contributed by atoms with Gasteiger partial charge in [0.05, 0.1) is 0 Å². The molecular weight excluding hydrogens is 260 g/mol. The van der Waals surface area contributed by atoms with Crippen LogP contribution >= 0.6 is 0 Å². The van der Waals surface area contributed by atoms with E-state index in [1.54, 1.807) is 0 Å². The van der Waals surface area contributed by atoms with Gasteiger partial charge in [0.2, 0.25) is 0 Å². The molecule has 0 unspecified atom stereocenters. The molecule has 1 aliphatic heterocycles. The van der Waals surface area contributed by atoms with Gasteiger partial charge < -0.3 is 5.32 Å². The van der Waals surface area contributed by atoms with E-state index in [-0.39, 0.29) is 5.92 Å². The normalized spacial score (nSPS) is 16.3. The summed E-state index contributed by atoms with van der Waals surface area (Å²) in [6.45, 7) is 9.53. The van der Waals surface area contributed by atoms with Gasteiger partial charge in [-0.2, -0.15) is 0 Å². The van der Waals surface area contributed by atoms with Gasteiger partial charge >= 0.3 is 0 Å². The smallest absolute Gasteiger partial charge is 0.166 e. The van der Waals surface area contributed by atoms with Crippen molar-refractivity contribution in [1.29, 1.82) is 0 Å². The molecule has 3 heteroatoms. The maximum atomic E-state index is 12.5. The number of nitrogens with zero attached hydrogens (tertiary/aromatic N) is 1. The first-order valence-electron chi connectivity index (χ1n) is 8.30. The highest BCUT2D eigenvalue weighted by Crippen LogP contribution is 2.19. The van der Waals surface area contributed by atoms with Crippen LogP contribution in [0, 0.1) is 5.92 Å². The van der Waals surface area contributed by atoms with Crippen molar-refractivity contribution in [3.05, 3.63) is 35.4 Å². The third kappa shape index (κ3) is 4.65. The average molecular weight is 288 g/mol. The fourth-order valence-corrected chi connectivity index (χ4v) is 3.02. The lowest BCUT2D eigenvalue weighted by atomic mass is 9.89. The lowest BCUT2D eigenvalue weighted by Crippen LogP contribution is -2.31. The summed E-state index contributed by atoms with van der Waals surface area (Å²) in [5.74, 6) is 0.535. The monoisotopic (exact) mass is 288 g/mol. The number of ketones is 1. The minimum Gasteiger partial charge on any atom is -0.317 e. The van der Waals surface area contributed by atoms with Gasteiger partial charge in [-0.25, -0.2) is 0 Å². The quantitative estimate of drug-likeness (QED) is 0.783. The Kier molecular flexibility index (Phi) is 6.40. The second-order valence-electron chi connectivity index (χ2n) is 5.95. The van der Waals surface area contributed by atoms with Gasteiger partial charge in [-0.05, 0) is 51.0 Å². The van der Waals surface area contributed by atoms with Gasteiger partial charge in [0, 0.05) is 18.0 Å². The van der Waals surface area contributed by atoms with Crippen molar-refractivity contribution in [1.82, 2.24) is 10.2 Å². The van der Waals surface area contributed by atoms with Crippen molar-refractivity contribution in [2.75, 3.05) is 26.2 Å². The Balaban J connectivity index is 1.96. The molecule has 1 aliphatic rings. The summed E-state index contributed by atoms with van der Waals surface area (Å²) in [5.41, 5.74) is 2.18. The summed E-state index contributed by atoms with van der Waals surface area (Å²) in [6.07, 6.45) is 3.13. The molecule has 0 aliphatic carbocycles. The Morgan fingerprint density at radius 2 is 1.86 bits per heavy atom. The fraction of sp³-hybridized carbons (Fsp3) is 0.611. The molecule has 0 spiro atoms. The van der Waals surface area contributed by atoms with Crippen LogP contribution in [0.15, 0.2) is 24.3 Å². The number of Topliss-reactive ketones (excluding diaryl/α,β-unsaturated/α-hetero) is 1. The van der Waals surface area contributed by atoms with Crippen molar-refractivity contribution >= 4 is 5.78 Å². The van der Waals surface area contributed by atoms with Crippen molar-refractivity contribution in [2.24, 2.45) is 5.92 Å². The zero-order valence-electron chi connectivity index (χ0n) is 13.4. The number of carbonyl (C=O) groups excluding carboxylic acids is 1. The summed E-state index contributed by atoms with van der Waals surface area (Å²) in [7, 11) is 0. The predicted molar refractivity (Wildman–Crippen MR) is 87.6 cm³/mol. The molecule has 1 saturated heterocycles. The standard InChI is InChI=1S/C18H28N2O/c1-3-13-20(4-2)14-15-5-7-16(8-6-15)18(21)17-9-11-19-12-10-17/h5-8,17,19H,3-4,9-14H2,1-2H3. The Morgan fingerprint density at radius 1 is 1.19 bits per heavy atom. The Labute approximate surface area is 128 Å². The van der Waals surface area contributed by atoms with Crippen molar-refractivity contribution in [3.8, 4) is 0 Å². The highest BCUT2D eigenvalue weighted by atomic mass is 16.1. The van der Waals surface area contributed by atoms with Crippen LogP contribution in [-0.2, 0) is 6.54 Å². The van der Waals surface area contributed by atoms with Gasteiger partial charge in [0.25, 0.3) is 0 Å². The van der Waals surface area contributed by atoms with Gasteiger partial charge in [-0.15, -0.1) is 0 Å². The number of rotatable bonds is 7. The molecule has 0 radical (unpaired) electrons. The van der Waals surface area contributed by atoms with Gasteiger partial charge in [-0.1, -0.05) is 38.1 Å². The van der Waals surface area contributed by atoms with Gasteiger partial charge in [0.1, 0.15) is 0 Å². The maximum Gasteiger partial charge on any atom is 0.166 e. The van der Waals surface area contributed by atoms with Crippen molar-refractivity contribution in [2.45, 2.75) is 39.7 Å². The molecule has 0 saturated carbocycles. The molecule has 21 heavy (non-hydrogen) atoms. The van der Waals surface area contributed by atoms with Crippen LogP contribution in [-0.4, -0.2) is 36.9 Å². The zero-order valence-corrected chi connectivity index (χ0v) is 13.4. The first-order chi connectivity index (χ1) is 10.2. The summed E-state index contributed by atoms with van der Waals surface area (Å²) in [5, 5.41) is 3.31. The maximum absolute atomic E-state index is 12.5. The van der Waals surface area contributed by atoms with Crippen LogP contribution < -0.4 is 5.32 Å². The van der Waals surface area contributed by atoms with Crippen LogP contribution in [0.2, 0.25) is 0 Å². The molecule has 116 valence electrons. The molecule has 1 heterocycles. The van der Waals surface area contributed by atoms with Crippen LogP contribution in [0.25, 0.3) is 0 Å². The Morgan fingerprint density at radius 3 is 2.43 bits per heavy atom. The van der Waals surface area contributed by atoms with E-state index >= 15 is 0 Å². The molecule has 2 rings (SSSR count). The molecule has 1 fully saturated rings. The highest BCUT2D eigenvalue weighted by Gasteiger charge is 2.21. The van der Waals surface area contributed by atoms with Crippen LogP contribution in [0.3, 0.4) is 0 Å². The second-order valence-corrected chi connectivity index (χ2v) is 5.95. The van der Waals surface area contributed by atoms with E-state index in [9.17, 15) is 4.79 Å². The molecule has 0 amide bonds. The zero-order chi connectivity index (χ0) is 15.1. The molecule has 3 nitrogen and oxygen atoms in total. The average Bonchev–Trinajstić information content (AvgIpc) is 2.55. The van der Waals surface area contributed by atoms with Crippen LogP contribution in [0.4, 0.5) is 0 Å². The third-order valence-corrected chi connectivity index (χ3v) is 4.34. The van der Waals surface area contributed by atoms with E-state index in [1.807, 2.05) is 12.1 Å². The SMILES string of the molecule is CCCN(CC)Cc1ccc(C(=O)C2CCNCC2)cc1. The summed E-state index contributed by atoms with van der Waals surface area (Å²) < 4.78 is 0. The van der Waals surface area contributed by atoms with Crippen LogP contribution in [0.5, 0.6) is 0 Å². The van der Waals surface area contributed by atoms with Crippen LogP contribution in [0.1, 0.15) is 49.0 Å². The number of hydrogen-bond acceptors (Lipinski definition) is 3. The first kappa shape index (κ1) is 16.2. The number of nitrogens with one attached hydrogen (secondary N) is 1. The van der Waals surface area contributed by atoms with Crippen molar-refractivity contribution < 1.29 is 4.79 Å². The van der Waals surface area contributed by atoms with E-state index in [4.69, 9.17) is 0 Å². The first-order valence-corrected chi connectivity index (χ1v) is 8.30. The minimum atomic E-state index is 0.212. The predicted octanol–water partition coefficient (Wildman–Crippen LogP) is 3.10. The summed E-state index contributed by atoms with van der Waals surface area (Å²) in [6, 6.07) is 8.26. The fourth-order valence-electron chi connectivity index (χ4n) is 3.02. The minimum absolute atomic E-state index is 0.212. The number of piperidine rings is 1. The molecular formula is C18H28N2O. The van der Waals surface area contributed by atoms with Gasteiger partial charge in [0.15, 0.2) is 5.78 Å². The highest BCUT2D eigenvalue weighted by molar-refractivity contribution is 5.97. The van der Waals surface area contributed by atoms with E-state index in [0.717, 1.165) is 51.1 Å². The Bertz CT molecular complexity index is 435. The lowest BCUT2D eigenvalue weighted by Gasteiger charge is -2.22. The Hall–Kier alpha value is -1.19. The number of benzene rings is 1. The van der Waals surface area contributed by atoms with E-state index in [2.05, 4.69) is 36.2 Å². The second kappa shape index (κ2) is 8.30. The topological polar surface area (TPSA) is 32.3 Å². The largest absolute Gasteiger partial charge is 0.317 e. The van der Waals surface area contributed by atoms with E-state index in [1.165, 1.54) is 12.0 Å². The molecule has 1 N–H and O–H groups in total. The summed E-state index contributed by atoms with van der Waals surface area (Å²) in [4.78, 5) is 14.9. The molecule has 1 aromatic carbocycles. The number of hydrogen-bond donors (Lipinski definition) is 1. The summed E-state index contributed by atoms with van der Waals surface area (Å²) >= 11 is 0. The molecule has 0 aromatic heterocycles. The third-order valence-electron chi connectivity index (χ3n) is 4.34. The van der Waals surface area contributed by atoms with E-state index < -0.39 is 0 Å². The van der Waals surface area contributed by atoms with E-state index in [0.29, 0.717) is 5.78 Å². The van der Waals surface area contributed by atoms with Crippen molar-refractivity contribution in [3.63, 3.8) is 0 Å². The molecule has 1 aromatic rings.